The summed E-state index contributed by atoms with van der Waals surface area (Å²) in [6.45, 7) is 9.67. The van der Waals surface area contributed by atoms with Gasteiger partial charge < -0.3 is 39.5 Å². The van der Waals surface area contributed by atoms with E-state index in [0.717, 1.165) is 34.0 Å². The number of methoxy groups -OCH3 is 1. The zero-order chi connectivity index (χ0) is 49.7. The number of nitro benzene ring substituents is 1. The van der Waals surface area contributed by atoms with E-state index < -0.39 is 36.7 Å². The molecule has 70 heavy (non-hydrogen) atoms. The van der Waals surface area contributed by atoms with Crippen molar-refractivity contribution in [3.63, 3.8) is 0 Å². The van der Waals surface area contributed by atoms with Crippen molar-refractivity contribution < 1.29 is 43.7 Å². The van der Waals surface area contributed by atoms with Crippen molar-refractivity contribution in [2.24, 2.45) is 5.92 Å². The van der Waals surface area contributed by atoms with Crippen molar-refractivity contribution in [1.82, 2.24) is 10.2 Å². The Morgan fingerprint density at radius 2 is 1.63 bits per heavy atom. The number of hydrogen-bond donors (Lipinski definition) is 3. The number of fused-ring (bicyclic) bond motifs is 3. The Labute approximate surface area is 410 Å². The topological polar surface area (TPSA) is 184 Å². The molecular formula is C54H63N5O10Si. The van der Waals surface area contributed by atoms with Crippen molar-refractivity contribution in [1.29, 1.82) is 0 Å². The van der Waals surface area contributed by atoms with Gasteiger partial charge in [-0.3, -0.25) is 29.4 Å². The molecule has 3 amide bonds. The fourth-order valence-electron chi connectivity index (χ4n) is 10.9. The van der Waals surface area contributed by atoms with Crippen LogP contribution in [0.4, 0.5) is 22.7 Å². The summed E-state index contributed by atoms with van der Waals surface area (Å²) in [4.78, 5) is 61.3. The van der Waals surface area contributed by atoms with Crippen LogP contribution in [0.1, 0.15) is 55.4 Å². The lowest BCUT2D eigenvalue weighted by Gasteiger charge is -2.37. The van der Waals surface area contributed by atoms with E-state index in [1.165, 1.54) is 12.1 Å². The Bertz CT molecular complexity index is 2690. The Balaban J connectivity index is 1.15. The highest BCUT2D eigenvalue weighted by molar-refractivity contribution is 6.91. The van der Waals surface area contributed by atoms with E-state index in [2.05, 4.69) is 18.4 Å². The molecule has 1 fully saturated rings. The predicted molar refractivity (Wildman–Crippen MR) is 270 cm³/mol. The average molecular weight is 970 g/mol. The number of non-ortho nitro benzene ring substituents is 1. The predicted octanol–water partition coefficient (Wildman–Crippen LogP) is 7.13. The maximum atomic E-state index is 15.6. The van der Waals surface area contributed by atoms with Gasteiger partial charge in [-0.15, -0.1) is 0 Å². The Morgan fingerprint density at radius 3 is 2.30 bits per heavy atom. The molecule has 15 nitrogen and oxygen atoms in total. The second kappa shape index (κ2) is 21.3. The van der Waals surface area contributed by atoms with Crippen molar-refractivity contribution >= 4 is 53.7 Å². The first-order valence-corrected chi connectivity index (χ1v) is 27.2. The standard InChI is InChI=1S/C54H63N5O10Si/c1-6-68-43-21-25-47-39(30-43)31-46(55-26-10-11-28-60)52(63)58(47)40-16-14-38(15-17-40)35-57-48-24-18-41(59(65)66)32-45(48)54(53(57)64)36(2)51(70(4,5)44-22-19-42(67-3)20-23-44)49(69-54)33-50(62)56(27-29-61)34-37-12-8-7-9-13-37/h7-9,12-25,30,32,36,46,49,51,55,60-61H,6,10-11,26-29,31,33-35H2,1-5H3/t36-,46?,49+,51-,54+/m0/s1. The lowest BCUT2D eigenvalue weighted by Crippen LogP contribution is -2.52. The van der Waals surface area contributed by atoms with Gasteiger partial charge in [0.05, 0.1) is 69.8 Å². The average Bonchev–Trinajstić information content (AvgIpc) is 3.78. The molecule has 1 unspecified atom stereocenters. The highest BCUT2D eigenvalue weighted by Crippen LogP contribution is 2.60. The summed E-state index contributed by atoms with van der Waals surface area (Å²) in [6, 6.07) is 34.6. The minimum Gasteiger partial charge on any atom is -0.497 e. The first-order chi connectivity index (χ1) is 33.7. The summed E-state index contributed by atoms with van der Waals surface area (Å²) in [5.41, 5.74) is 2.64. The first kappa shape index (κ1) is 50.0. The molecule has 0 radical (unpaired) electrons. The molecular weight excluding hydrogens is 907 g/mol. The lowest BCUT2D eigenvalue weighted by molar-refractivity contribution is -0.385. The van der Waals surface area contributed by atoms with E-state index in [9.17, 15) is 29.9 Å². The van der Waals surface area contributed by atoms with Crippen molar-refractivity contribution in [3.05, 3.63) is 148 Å². The van der Waals surface area contributed by atoms with Crippen molar-refractivity contribution in [2.45, 2.75) is 89.0 Å². The number of aliphatic hydroxyl groups excluding tert-OH is 2. The van der Waals surface area contributed by atoms with Gasteiger partial charge in [0.2, 0.25) is 11.8 Å². The van der Waals surface area contributed by atoms with Crippen LogP contribution in [0.5, 0.6) is 11.5 Å². The molecule has 3 heterocycles. The molecule has 0 aromatic heterocycles. The number of nitro groups is 1. The second-order valence-corrected chi connectivity index (χ2v) is 23.6. The van der Waals surface area contributed by atoms with Crippen LogP contribution in [-0.2, 0) is 44.2 Å². The number of carbonyl (C=O) groups excluding carboxylic acids is 3. The molecule has 8 rings (SSSR count). The number of unbranched alkanes of at least 4 members (excludes halogenated alkanes) is 1. The molecule has 5 aromatic carbocycles. The van der Waals surface area contributed by atoms with Gasteiger partial charge in [-0.2, -0.15) is 0 Å². The van der Waals surface area contributed by atoms with E-state index in [1.54, 1.807) is 27.9 Å². The summed E-state index contributed by atoms with van der Waals surface area (Å²) < 4.78 is 18.5. The summed E-state index contributed by atoms with van der Waals surface area (Å²) >= 11 is 0. The summed E-state index contributed by atoms with van der Waals surface area (Å²) in [7, 11) is -1.11. The van der Waals surface area contributed by atoms with Crippen molar-refractivity contribution in [2.75, 3.05) is 49.8 Å². The molecule has 368 valence electrons. The van der Waals surface area contributed by atoms with E-state index >= 15 is 4.79 Å². The second-order valence-electron chi connectivity index (χ2n) is 18.9. The molecule has 1 saturated heterocycles. The third-order valence-electron chi connectivity index (χ3n) is 14.4. The molecule has 5 aromatic rings. The van der Waals surface area contributed by atoms with Crippen LogP contribution >= 0.6 is 0 Å². The largest absolute Gasteiger partial charge is 0.497 e. The number of hydrogen-bond acceptors (Lipinski definition) is 11. The van der Waals surface area contributed by atoms with Crippen molar-refractivity contribution in [3.8, 4) is 11.5 Å². The van der Waals surface area contributed by atoms with Gasteiger partial charge >= 0.3 is 0 Å². The van der Waals surface area contributed by atoms with Gasteiger partial charge in [0.1, 0.15) is 11.5 Å². The van der Waals surface area contributed by atoms with E-state index in [-0.39, 0.29) is 68.2 Å². The molecule has 0 bridgehead atoms. The van der Waals surface area contributed by atoms with E-state index in [0.29, 0.717) is 54.4 Å². The van der Waals surface area contributed by atoms with Crippen LogP contribution in [0.15, 0.2) is 115 Å². The molecule has 0 aliphatic carbocycles. The molecule has 3 aliphatic heterocycles. The first-order valence-electron chi connectivity index (χ1n) is 24.1. The monoisotopic (exact) mass is 969 g/mol. The Morgan fingerprint density at radius 1 is 0.914 bits per heavy atom. The third kappa shape index (κ3) is 9.70. The summed E-state index contributed by atoms with van der Waals surface area (Å²) in [5, 5.41) is 36.4. The molecule has 3 N–H and O–H groups in total. The van der Waals surface area contributed by atoms with Gasteiger partial charge in [0.15, 0.2) is 5.60 Å². The highest BCUT2D eigenvalue weighted by atomic mass is 28.3. The maximum Gasteiger partial charge on any atom is 0.269 e. The van der Waals surface area contributed by atoms with Crippen LogP contribution in [0.3, 0.4) is 0 Å². The molecule has 1 spiro atoms. The van der Waals surface area contributed by atoms with E-state index in [4.69, 9.17) is 14.2 Å². The van der Waals surface area contributed by atoms with Crippen LogP contribution < -0.4 is 29.8 Å². The van der Waals surface area contributed by atoms with Gasteiger partial charge in [-0.25, -0.2) is 0 Å². The van der Waals surface area contributed by atoms with Gasteiger partial charge in [0, 0.05) is 49.0 Å². The fraction of sp³-hybridized carbons (Fsp3) is 0.389. The zero-order valence-corrected chi connectivity index (χ0v) is 41.5. The number of ether oxygens (including phenoxy) is 3. The Hall–Kier alpha value is -6.43. The van der Waals surface area contributed by atoms with Crippen LogP contribution in [0, 0.1) is 16.0 Å². The fourth-order valence-corrected chi connectivity index (χ4v) is 15.0. The third-order valence-corrected chi connectivity index (χ3v) is 18.8. The maximum absolute atomic E-state index is 15.6. The van der Waals surface area contributed by atoms with Gasteiger partial charge in [-0.05, 0) is 103 Å². The number of aliphatic hydroxyl groups is 2. The number of amides is 3. The molecule has 5 atom stereocenters. The van der Waals surface area contributed by atoms with E-state index in [1.807, 2.05) is 111 Å². The number of nitrogens with zero attached hydrogens (tertiary/aromatic N) is 4. The number of nitrogens with one attached hydrogen (secondary N) is 1. The number of rotatable bonds is 20. The van der Waals surface area contributed by atoms with Crippen LogP contribution in [0.2, 0.25) is 18.6 Å². The smallest absolute Gasteiger partial charge is 0.269 e. The number of anilines is 3. The quantitative estimate of drug-likeness (QED) is 0.0312. The lowest BCUT2D eigenvalue weighted by atomic mass is 9.82. The van der Waals surface area contributed by atoms with Crippen LogP contribution in [0.25, 0.3) is 0 Å². The minimum absolute atomic E-state index is 0.0772. The summed E-state index contributed by atoms with van der Waals surface area (Å²) in [5.74, 6) is 0.123. The number of benzene rings is 5. The minimum atomic E-state index is -2.72. The van der Waals surface area contributed by atoms with Gasteiger partial charge in [-0.1, -0.05) is 79.8 Å². The Kier molecular flexibility index (Phi) is 15.2. The normalized spacial score (nSPS) is 20.7. The van der Waals surface area contributed by atoms with Gasteiger partial charge in [0.25, 0.3) is 11.6 Å². The zero-order valence-electron chi connectivity index (χ0n) is 40.5. The molecule has 16 heteroatoms. The molecule has 3 aliphatic rings. The molecule has 0 saturated carbocycles. The summed E-state index contributed by atoms with van der Waals surface area (Å²) in [6.07, 6.45) is 0.961. The van der Waals surface area contributed by atoms with Crippen LogP contribution in [-0.4, -0.2) is 98.0 Å². The number of carbonyl (C=O) groups is 3. The SMILES string of the molecule is CCOc1ccc2c(c1)CC(NCCCCO)C(=O)N2c1ccc(CN2C(=O)[C@]3(O[C@H](CC(=O)N(CCO)Cc4ccccc4)[C@@H]([Si](C)(C)c4ccc(OC)cc4)[C@@H]3C)c3cc([N+](=O)[O-])ccc32)cc1. The highest BCUT2D eigenvalue weighted by Gasteiger charge is 2.67.